The number of carbonyl (C=O) groups is 1. The summed E-state index contributed by atoms with van der Waals surface area (Å²) in [5, 5.41) is 0.410. The Morgan fingerprint density at radius 1 is 1.32 bits per heavy atom. The van der Waals surface area contributed by atoms with Gasteiger partial charge in [-0.15, -0.1) is 0 Å². The summed E-state index contributed by atoms with van der Waals surface area (Å²) in [7, 11) is 0. The number of aromatic nitrogens is 2. The number of piperidine rings is 1. The second kappa shape index (κ2) is 5.26. The molecule has 1 amide bonds. The molecule has 2 saturated heterocycles. The molecular weight excluding hydrogens is 304 g/mol. The first kappa shape index (κ1) is 14.1. The Labute approximate surface area is 134 Å². The summed E-state index contributed by atoms with van der Waals surface area (Å²) < 4.78 is 5.37. The second-order valence-corrected chi connectivity index (χ2v) is 6.91. The van der Waals surface area contributed by atoms with Crippen LogP contribution in [0.1, 0.15) is 25.7 Å². The molecule has 1 aromatic rings. The van der Waals surface area contributed by atoms with Crippen LogP contribution in [0.25, 0.3) is 0 Å². The van der Waals surface area contributed by atoms with Crippen LogP contribution in [0.3, 0.4) is 0 Å². The van der Waals surface area contributed by atoms with Crippen molar-refractivity contribution < 1.29 is 9.53 Å². The molecule has 2 aliphatic heterocycles. The molecule has 3 heterocycles. The van der Waals surface area contributed by atoms with Gasteiger partial charge in [-0.25, -0.2) is 9.78 Å². The summed E-state index contributed by atoms with van der Waals surface area (Å²) in [5.74, 6) is 1.49. The molecular formula is C15H19ClN4O2. The summed E-state index contributed by atoms with van der Waals surface area (Å²) in [6, 6.07) is 0. The largest absolute Gasteiger partial charge is 0.447 e. The van der Waals surface area contributed by atoms with E-state index >= 15 is 0 Å². The lowest BCUT2D eigenvalue weighted by Gasteiger charge is -2.43. The van der Waals surface area contributed by atoms with Gasteiger partial charge in [0.1, 0.15) is 17.6 Å². The Hall–Kier alpha value is -1.56. The predicted octanol–water partition coefficient (Wildman–Crippen LogP) is 2.33. The van der Waals surface area contributed by atoms with Crippen LogP contribution < -0.4 is 4.90 Å². The maximum absolute atomic E-state index is 12.1. The molecule has 0 N–H and O–H groups in total. The minimum Gasteiger partial charge on any atom is -0.447 e. The highest BCUT2D eigenvalue weighted by atomic mass is 35.5. The zero-order chi connectivity index (χ0) is 15.2. The van der Waals surface area contributed by atoms with Crippen LogP contribution in [0.2, 0.25) is 5.15 Å². The number of carbonyl (C=O) groups excluding carboxylic acids is 1. The second-order valence-electron chi connectivity index (χ2n) is 6.52. The van der Waals surface area contributed by atoms with Crippen LogP contribution in [-0.2, 0) is 4.74 Å². The maximum Gasteiger partial charge on any atom is 0.410 e. The molecule has 1 saturated carbocycles. The molecule has 1 spiro atoms. The van der Waals surface area contributed by atoms with Gasteiger partial charge in [0.2, 0.25) is 0 Å². The number of rotatable bonds is 3. The highest BCUT2D eigenvalue weighted by Crippen LogP contribution is 2.39. The molecule has 0 unspecified atom stereocenters. The molecule has 1 aliphatic carbocycles. The molecule has 3 aliphatic rings. The molecule has 7 heteroatoms. The Balaban J connectivity index is 1.47. The normalized spacial score (nSPS) is 24.0. The zero-order valence-corrected chi connectivity index (χ0v) is 13.1. The fourth-order valence-electron chi connectivity index (χ4n) is 3.42. The molecule has 118 valence electrons. The van der Waals surface area contributed by atoms with Crippen LogP contribution in [0.15, 0.2) is 12.4 Å². The van der Waals surface area contributed by atoms with Gasteiger partial charge in [0.25, 0.3) is 0 Å². The minimum atomic E-state index is -0.136. The fourth-order valence-corrected chi connectivity index (χ4v) is 3.57. The van der Waals surface area contributed by atoms with Gasteiger partial charge < -0.3 is 9.64 Å². The van der Waals surface area contributed by atoms with Crippen molar-refractivity contribution in [3.63, 3.8) is 0 Å². The van der Waals surface area contributed by atoms with Crippen molar-refractivity contribution in [3.05, 3.63) is 17.5 Å². The van der Waals surface area contributed by atoms with Crippen LogP contribution in [0, 0.1) is 5.92 Å². The van der Waals surface area contributed by atoms with E-state index in [1.54, 1.807) is 6.20 Å². The van der Waals surface area contributed by atoms with Crippen LogP contribution in [-0.4, -0.2) is 52.7 Å². The predicted molar refractivity (Wildman–Crippen MR) is 82.0 cm³/mol. The van der Waals surface area contributed by atoms with E-state index in [9.17, 15) is 4.79 Å². The summed E-state index contributed by atoms with van der Waals surface area (Å²) in [4.78, 5) is 24.7. The number of cyclic esters (lactones) is 1. The number of hydrogen-bond acceptors (Lipinski definition) is 5. The van der Waals surface area contributed by atoms with Crippen molar-refractivity contribution in [2.24, 2.45) is 5.92 Å². The Kier molecular flexibility index (Phi) is 3.36. The average Bonchev–Trinajstić information content (AvgIpc) is 3.30. The van der Waals surface area contributed by atoms with Gasteiger partial charge in [0.15, 0.2) is 0 Å². The lowest BCUT2D eigenvalue weighted by Crippen LogP contribution is -2.55. The smallest absolute Gasteiger partial charge is 0.410 e. The molecule has 1 aromatic heterocycles. The van der Waals surface area contributed by atoms with E-state index in [4.69, 9.17) is 16.3 Å². The summed E-state index contributed by atoms with van der Waals surface area (Å²) in [6.07, 6.45) is 7.43. The van der Waals surface area contributed by atoms with Gasteiger partial charge in [-0.3, -0.25) is 9.88 Å². The first-order valence-corrected chi connectivity index (χ1v) is 8.21. The van der Waals surface area contributed by atoms with E-state index in [2.05, 4.69) is 14.9 Å². The van der Waals surface area contributed by atoms with Gasteiger partial charge in [0.05, 0.1) is 17.9 Å². The van der Waals surface area contributed by atoms with Crippen molar-refractivity contribution in [3.8, 4) is 0 Å². The number of amides is 1. The molecule has 0 bridgehead atoms. The molecule has 4 rings (SSSR count). The third kappa shape index (κ3) is 2.49. The molecule has 22 heavy (non-hydrogen) atoms. The van der Waals surface area contributed by atoms with Crippen LogP contribution >= 0.6 is 11.6 Å². The lowest BCUT2D eigenvalue weighted by molar-refractivity contribution is 0.127. The van der Waals surface area contributed by atoms with Crippen molar-refractivity contribution in [2.75, 3.05) is 31.1 Å². The summed E-state index contributed by atoms with van der Waals surface area (Å²) in [5.41, 5.74) is -0.123. The van der Waals surface area contributed by atoms with Crippen LogP contribution in [0.4, 0.5) is 10.6 Å². The Morgan fingerprint density at radius 3 is 2.77 bits per heavy atom. The standard InChI is InChI=1S/C15H19ClN4O2/c16-12-7-17-8-13(18-12)19-5-3-15(4-6-19)10-22-14(21)20(15)9-11-1-2-11/h7-8,11H,1-6,9-10H2. The Morgan fingerprint density at radius 2 is 2.09 bits per heavy atom. The van der Waals surface area contributed by atoms with Gasteiger partial charge in [-0.1, -0.05) is 11.6 Å². The number of nitrogens with zero attached hydrogens (tertiary/aromatic N) is 4. The number of ether oxygens (including phenoxy) is 1. The lowest BCUT2D eigenvalue weighted by atomic mass is 9.87. The highest BCUT2D eigenvalue weighted by molar-refractivity contribution is 6.29. The molecule has 0 atom stereocenters. The van der Waals surface area contributed by atoms with E-state index in [1.165, 1.54) is 19.0 Å². The highest BCUT2D eigenvalue weighted by Gasteiger charge is 2.50. The van der Waals surface area contributed by atoms with E-state index in [1.807, 2.05) is 4.90 Å². The third-order valence-electron chi connectivity index (χ3n) is 5.01. The van der Waals surface area contributed by atoms with Gasteiger partial charge >= 0.3 is 6.09 Å². The van der Waals surface area contributed by atoms with Crippen molar-refractivity contribution in [2.45, 2.75) is 31.2 Å². The number of halogens is 1. The van der Waals surface area contributed by atoms with Crippen molar-refractivity contribution >= 4 is 23.5 Å². The van der Waals surface area contributed by atoms with Gasteiger partial charge in [-0.2, -0.15) is 0 Å². The fraction of sp³-hybridized carbons (Fsp3) is 0.667. The Bertz CT molecular complexity index is 585. The molecule has 0 aromatic carbocycles. The quantitative estimate of drug-likeness (QED) is 0.855. The molecule has 6 nitrogen and oxygen atoms in total. The first-order chi connectivity index (χ1) is 10.7. The molecule has 0 radical (unpaired) electrons. The SMILES string of the molecule is O=C1OCC2(CCN(c3cncc(Cl)n3)CC2)N1CC1CC1. The van der Waals surface area contributed by atoms with E-state index in [0.717, 1.165) is 38.3 Å². The summed E-state index contributed by atoms with van der Waals surface area (Å²) in [6.45, 7) is 3.06. The number of hydrogen-bond donors (Lipinski definition) is 0. The van der Waals surface area contributed by atoms with Gasteiger partial charge in [0, 0.05) is 19.6 Å². The van der Waals surface area contributed by atoms with Crippen molar-refractivity contribution in [1.82, 2.24) is 14.9 Å². The zero-order valence-electron chi connectivity index (χ0n) is 12.4. The topological polar surface area (TPSA) is 58.6 Å². The van der Waals surface area contributed by atoms with Gasteiger partial charge in [-0.05, 0) is 31.6 Å². The minimum absolute atomic E-state index is 0.123. The van der Waals surface area contributed by atoms with E-state index < -0.39 is 0 Å². The van der Waals surface area contributed by atoms with Crippen LogP contribution in [0.5, 0.6) is 0 Å². The molecule has 3 fully saturated rings. The first-order valence-electron chi connectivity index (χ1n) is 7.83. The van der Waals surface area contributed by atoms with E-state index in [0.29, 0.717) is 17.7 Å². The average molecular weight is 323 g/mol. The third-order valence-corrected chi connectivity index (χ3v) is 5.19. The van der Waals surface area contributed by atoms with E-state index in [-0.39, 0.29) is 11.6 Å². The summed E-state index contributed by atoms with van der Waals surface area (Å²) >= 11 is 5.92. The maximum atomic E-state index is 12.1. The monoisotopic (exact) mass is 322 g/mol. The van der Waals surface area contributed by atoms with Crippen molar-refractivity contribution in [1.29, 1.82) is 0 Å². The number of anilines is 1.